The molecule has 0 aliphatic rings. The molecule has 0 spiro atoms. The van der Waals surface area contributed by atoms with Crippen molar-refractivity contribution in [2.75, 3.05) is 18.9 Å². The first-order valence-electron chi connectivity index (χ1n) is 8.01. The molecule has 0 saturated heterocycles. The first-order chi connectivity index (χ1) is 12.1. The van der Waals surface area contributed by atoms with Crippen LogP contribution in [0.3, 0.4) is 0 Å². The van der Waals surface area contributed by atoms with Gasteiger partial charge in [-0.3, -0.25) is 9.59 Å². The number of rotatable bonds is 10. The van der Waals surface area contributed by atoms with Crippen molar-refractivity contribution in [3.8, 4) is 5.75 Å². The van der Waals surface area contributed by atoms with Gasteiger partial charge in [-0.05, 0) is 42.0 Å². The number of nitrogens with one attached hydrogen (secondary N) is 1. The molecule has 132 valence electrons. The minimum atomic E-state index is -0.876. The smallest absolute Gasteiger partial charge is 0.307 e. The van der Waals surface area contributed by atoms with Crippen LogP contribution < -0.4 is 10.1 Å². The van der Waals surface area contributed by atoms with Gasteiger partial charge in [0.1, 0.15) is 5.75 Å². The first kappa shape index (κ1) is 18.9. The van der Waals surface area contributed by atoms with Crippen molar-refractivity contribution in [3.05, 3.63) is 60.2 Å². The third kappa shape index (κ3) is 7.76. The predicted molar refractivity (Wildman–Crippen MR) is 98.1 cm³/mol. The fraction of sp³-hybridized carbons (Fsp3) is 0.263. The Hall–Kier alpha value is -2.47. The number of carboxylic acids is 1. The van der Waals surface area contributed by atoms with E-state index in [2.05, 4.69) is 17.4 Å². The van der Waals surface area contributed by atoms with E-state index in [9.17, 15) is 9.59 Å². The number of amides is 1. The van der Waals surface area contributed by atoms with Crippen LogP contribution in [0.15, 0.2) is 59.5 Å². The van der Waals surface area contributed by atoms with Gasteiger partial charge in [0.05, 0.1) is 6.42 Å². The SMILES string of the molecule is O=C(O)Cc1ccc(OCC(=O)NCCCSc2ccccc2)cc1. The Morgan fingerprint density at radius 1 is 1.04 bits per heavy atom. The van der Waals surface area contributed by atoms with Crippen LogP contribution in [-0.2, 0) is 16.0 Å². The summed E-state index contributed by atoms with van der Waals surface area (Å²) in [5.41, 5.74) is 0.695. The third-order valence-corrected chi connectivity index (χ3v) is 4.40. The van der Waals surface area contributed by atoms with Gasteiger partial charge in [0, 0.05) is 11.4 Å². The minimum Gasteiger partial charge on any atom is -0.484 e. The molecule has 2 aromatic rings. The highest BCUT2D eigenvalue weighted by Gasteiger charge is 2.04. The summed E-state index contributed by atoms with van der Waals surface area (Å²) >= 11 is 1.76. The quantitative estimate of drug-likeness (QED) is 0.504. The Labute approximate surface area is 151 Å². The number of thioether (sulfide) groups is 1. The molecule has 0 fully saturated rings. The molecule has 2 rings (SSSR count). The first-order valence-corrected chi connectivity index (χ1v) is 9.00. The Bertz CT molecular complexity index is 674. The highest BCUT2D eigenvalue weighted by Crippen LogP contribution is 2.17. The number of ether oxygens (including phenoxy) is 1. The maximum Gasteiger partial charge on any atom is 0.307 e. The van der Waals surface area contributed by atoms with Crippen LogP contribution in [0.2, 0.25) is 0 Å². The molecule has 1 amide bonds. The van der Waals surface area contributed by atoms with Gasteiger partial charge in [-0.2, -0.15) is 0 Å². The zero-order valence-corrected chi connectivity index (χ0v) is 14.6. The highest BCUT2D eigenvalue weighted by atomic mass is 32.2. The van der Waals surface area contributed by atoms with Gasteiger partial charge in [0.25, 0.3) is 5.91 Å². The molecular formula is C19H21NO4S. The van der Waals surface area contributed by atoms with Crippen molar-refractivity contribution in [2.45, 2.75) is 17.7 Å². The summed E-state index contributed by atoms with van der Waals surface area (Å²) in [6, 6.07) is 16.8. The van der Waals surface area contributed by atoms with Crippen molar-refractivity contribution in [2.24, 2.45) is 0 Å². The Balaban J connectivity index is 1.58. The van der Waals surface area contributed by atoms with E-state index in [4.69, 9.17) is 9.84 Å². The standard InChI is InChI=1S/C19H21NO4S/c21-18(20-11-4-12-25-17-5-2-1-3-6-17)14-24-16-9-7-15(8-10-16)13-19(22)23/h1-3,5-10H,4,11-14H2,(H,20,21)(H,22,23). The van der Waals surface area contributed by atoms with Crippen LogP contribution in [0.1, 0.15) is 12.0 Å². The van der Waals surface area contributed by atoms with Crippen LogP contribution in [0.25, 0.3) is 0 Å². The number of hydrogen-bond acceptors (Lipinski definition) is 4. The second-order valence-electron chi connectivity index (χ2n) is 5.37. The molecule has 25 heavy (non-hydrogen) atoms. The minimum absolute atomic E-state index is 0.0260. The zero-order chi connectivity index (χ0) is 17.9. The van der Waals surface area contributed by atoms with Gasteiger partial charge in [0.2, 0.25) is 0 Å². The van der Waals surface area contributed by atoms with Gasteiger partial charge < -0.3 is 15.2 Å². The lowest BCUT2D eigenvalue weighted by atomic mass is 10.1. The van der Waals surface area contributed by atoms with Gasteiger partial charge >= 0.3 is 5.97 Å². The van der Waals surface area contributed by atoms with Crippen molar-refractivity contribution >= 4 is 23.6 Å². The van der Waals surface area contributed by atoms with Crippen molar-refractivity contribution in [1.29, 1.82) is 0 Å². The van der Waals surface area contributed by atoms with E-state index in [0.29, 0.717) is 17.9 Å². The lowest BCUT2D eigenvalue weighted by Crippen LogP contribution is -2.29. The zero-order valence-electron chi connectivity index (χ0n) is 13.8. The number of aliphatic carboxylic acids is 1. The largest absolute Gasteiger partial charge is 0.484 e. The van der Waals surface area contributed by atoms with Gasteiger partial charge in [0.15, 0.2) is 6.61 Å². The molecule has 0 radical (unpaired) electrons. The van der Waals surface area contributed by atoms with Crippen molar-refractivity contribution < 1.29 is 19.4 Å². The van der Waals surface area contributed by atoms with Crippen molar-refractivity contribution in [1.82, 2.24) is 5.32 Å². The normalized spacial score (nSPS) is 10.2. The molecular weight excluding hydrogens is 338 g/mol. The molecule has 0 aromatic heterocycles. The van der Waals surface area contributed by atoms with Gasteiger partial charge in [-0.15, -0.1) is 11.8 Å². The van der Waals surface area contributed by atoms with E-state index in [0.717, 1.165) is 12.2 Å². The molecule has 0 aliphatic heterocycles. The molecule has 0 unspecified atom stereocenters. The van der Waals surface area contributed by atoms with E-state index in [1.54, 1.807) is 36.0 Å². The van der Waals surface area contributed by atoms with E-state index in [-0.39, 0.29) is 18.9 Å². The van der Waals surface area contributed by atoms with Crippen LogP contribution in [0, 0.1) is 0 Å². The molecule has 0 aliphatic carbocycles. The summed E-state index contributed by atoms with van der Waals surface area (Å²) in [6.45, 7) is 0.559. The summed E-state index contributed by atoms with van der Waals surface area (Å²) in [7, 11) is 0. The average molecular weight is 359 g/mol. The van der Waals surface area contributed by atoms with E-state index < -0.39 is 5.97 Å². The summed E-state index contributed by atoms with van der Waals surface area (Å²) in [6.07, 6.45) is 0.858. The molecule has 5 nitrogen and oxygen atoms in total. The number of carbonyl (C=O) groups excluding carboxylic acids is 1. The third-order valence-electron chi connectivity index (χ3n) is 3.30. The lowest BCUT2D eigenvalue weighted by molar-refractivity contribution is -0.136. The monoisotopic (exact) mass is 359 g/mol. The molecule has 0 atom stereocenters. The van der Waals surface area contributed by atoms with Crippen LogP contribution in [0.5, 0.6) is 5.75 Å². The second kappa shape index (κ2) is 10.4. The molecule has 0 bridgehead atoms. The van der Waals surface area contributed by atoms with E-state index in [1.807, 2.05) is 18.2 Å². The van der Waals surface area contributed by atoms with Crippen LogP contribution >= 0.6 is 11.8 Å². The summed E-state index contributed by atoms with van der Waals surface area (Å²) in [5, 5.41) is 11.5. The number of benzene rings is 2. The summed E-state index contributed by atoms with van der Waals surface area (Å²) < 4.78 is 5.39. The molecule has 6 heteroatoms. The van der Waals surface area contributed by atoms with E-state index in [1.165, 1.54) is 4.90 Å². The summed E-state index contributed by atoms with van der Waals surface area (Å²) in [5.74, 6) is 0.442. The van der Waals surface area contributed by atoms with E-state index >= 15 is 0 Å². The fourth-order valence-electron chi connectivity index (χ4n) is 2.08. The highest BCUT2D eigenvalue weighted by molar-refractivity contribution is 7.99. The maximum atomic E-state index is 11.7. The topological polar surface area (TPSA) is 75.6 Å². The molecule has 0 saturated carbocycles. The number of carbonyl (C=O) groups is 2. The fourth-order valence-corrected chi connectivity index (χ4v) is 2.96. The molecule has 0 heterocycles. The maximum absolute atomic E-state index is 11.7. The predicted octanol–water partition coefficient (Wildman–Crippen LogP) is 2.99. The van der Waals surface area contributed by atoms with Crippen LogP contribution in [-0.4, -0.2) is 35.9 Å². The van der Waals surface area contributed by atoms with Crippen molar-refractivity contribution in [3.63, 3.8) is 0 Å². The molecule has 2 N–H and O–H groups in total. The van der Waals surface area contributed by atoms with Gasteiger partial charge in [-0.1, -0.05) is 30.3 Å². The summed E-state index contributed by atoms with van der Waals surface area (Å²) in [4.78, 5) is 23.6. The number of hydrogen-bond donors (Lipinski definition) is 2. The molecule has 2 aromatic carbocycles. The Morgan fingerprint density at radius 2 is 1.76 bits per heavy atom. The second-order valence-corrected chi connectivity index (χ2v) is 6.54. The Kier molecular flexibility index (Phi) is 7.85. The lowest BCUT2D eigenvalue weighted by Gasteiger charge is -2.08. The van der Waals surface area contributed by atoms with Gasteiger partial charge in [-0.25, -0.2) is 0 Å². The average Bonchev–Trinajstić information content (AvgIpc) is 2.61. The number of carboxylic acid groups (broad SMARTS) is 1. The van der Waals surface area contributed by atoms with Crippen LogP contribution in [0.4, 0.5) is 0 Å². The Morgan fingerprint density at radius 3 is 2.44 bits per heavy atom.